The van der Waals surface area contributed by atoms with Gasteiger partial charge in [0.15, 0.2) is 0 Å². The number of hydrogen-bond acceptors (Lipinski definition) is 4. The molecular formula is C13H17N3O3. The lowest BCUT2D eigenvalue weighted by atomic mass is 10.2. The smallest absolute Gasteiger partial charge is 0.269 e. The molecule has 0 spiro atoms. The van der Waals surface area contributed by atoms with E-state index in [4.69, 9.17) is 5.73 Å². The van der Waals surface area contributed by atoms with Crippen LogP contribution < -0.4 is 5.73 Å². The quantitative estimate of drug-likeness (QED) is 0.458. The largest absolute Gasteiger partial charge is 0.335 e. The van der Waals surface area contributed by atoms with Gasteiger partial charge in [0.1, 0.15) is 0 Å². The van der Waals surface area contributed by atoms with Crippen molar-refractivity contribution in [2.45, 2.75) is 13.0 Å². The molecule has 0 saturated heterocycles. The summed E-state index contributed by atoms with van der Waals surface area (Å²) in [6.07, 6.45) is 1.87. The maximum Gasteiger partial charge on any atom is 0.269 e. The highest BCUT2D eigenvalue weighted by Gasteiger charge is 2.13. The van der Waals surface area contributed by atoms with E-state index < -0.39 is 4.92 Å². The Morgan fingerprint density at radius 1 is 1.53 bits per heavy atom. The first-order chi connectivity index (χ1) is 9.08. The SMILES string of the molecule is C=CCN(Cc1cccc([N+](=O)[O-])c1)C(=O)CCN. The van der Waals surface area contributed by atoms with Crippen molar-refractivity contribution in [1.82, 2.24) is 4.90 Å². The second-order valence-electron chi connectivity index (χ2n) is 4.03. The number of carbonyl (C=O) groups is 1. The third-order valence-corrected chi connectivity index (χ3v) is 2.56. The zero-order valence-electron chi connectivity index (χ0n) is 10.6. The fourth-order valence-corrected chi connectivity index (χ4v) is 1.68. The number of benzene rings is 1. The first-order valence-electron chi connectivity index (χ1n) is 5.90. The van der Waals surface area contributed by atoms with Gasteiger partial charge in [-0.1, -0.05) is 18.2 Å². The molecule has 0 bridgehead atoms. The third kappa shape index (κ3) is 4.51. The number of hydrogen-bond donors (Lipinski definition) is 1. The van der Waals surface area contributed by atoms with Crippen LogP contribution in [0.25, 0.3) is 0 Å². The Balaban J connectivity index is 2.83. The molecule has 0 aromatic heterocycles. The van der Waals surface area contributed by atoms with Gasteiger partial charge in [-0.3, -0.25) is 14.9 Å². The standard InChI is InChI=1S/C13H17N3O3/c1-2-8-15(13(17)6-7-14)10-11-4-3-5-12(9-11)16(18)19/h2-5,9H,1,6-8,10,14H2. The summed E-state index contributed by atoms with van der Waals surface area (Å²) in [5.74, 6) is -0.0890. The van der Waals surface area contributed by atoms with Crippen molar-refractivity contribution >= 4 is 11.6 Å². The van der Waals surface area contributed by atoms with E-state index in [2.05, 4.69) is 6.58 Å². The molecule has 0 fully saturated rings. The monoisotopic (exact) mass is 263 g/mol. The zero-order chi connectivity index (χ0) is 14.3. The first kappa shape index (κ1) is 14.8. The number of nitro groups is 1. The predicted octanol–water partition coefficient (Wildman–Crippen LogP) is 1.46. The van der Waals surface area contributed by atoms with Crippen LogP contribution in [-0.4, -0.2) is 28.8 Å². The van der Waals surface area contributed by atoms with Gasteiger partial charge in [-0.15, -0.1) is 6.58 Å². The number of nitro benzene ring substituents is 1. The highest BCUT2D eigenvalue weighted by molar-refractivity contribution is 5.76. The van der Waals surface area contributed by atoms with Crippen molar-refractivity contribution in [1.29, 1.82) is 0 Å². The van der Waals surface area contributed by atoms with E-state index in [0.29, 0.717) is 18.7 Å². The van der Waals surface area contributed by atoms with E-state index in [9.17, 15) is 14.9 Å². The highest BCUT2D eigenvalue weighted by Crippen LogP contribution is 2.15. The van der Waals surface area contributed by atoms with E-state index in [1.807, 2.05) is 0 Å². The Morgan fingerprint density at radius 2 is 2.26 bits per heavy atom. The van der Waals surface area contributed by atoms with Gasteiger partial charge in [-0.2, -0.15) is 0 Å². The van der Waals surface area contributed by atoms with Gasteiger partial charge in [0.25, 0.3) is 5.69 Å². The van der Waals surface area contributed by atoms with E-state index in [0.717, 1.165) is 0 Å². The average molecular weight is 263 g/mol. The Labute approximate surface area is 111 Å². The topological polar surface area (TPSA) is 89.5 Å². The minimum atomic E-state index is -0.455. The van der Waals surface area contributed by atoms with E-state index in [1.54, 1.807) is 23.1 Å². The molecule has 0 aliphatic rings. The van der Waals surface area contributed by atoms with E-state index in [-0.39, 0.29) is 24.6 Å². The number of rotatable bonds is 7. The summed E-state index contributed by atoms with van der Waals surface area (Å²) >= 11 is 0. The Kier molecular flexibility index (Phi) is 5.69. The van der Waals surface area contributed by atoms with Gasteiger partial charge in [-0.25, -0.2) is 0 Å². The van der Waals surface area contributed by atoms with Gasteiger partial charge in [0, 0.05) is 38.2 Å². The second kappa shape index (κ2) is 7.27. The van der Waals surface area contributed by atoms with Gasteiger partial charge < -0.3 is 10.6 Å². The van der Waals surface area contributed by atoms with E-state index >= 15 is 0 Å². The maximum atomic E-state index is 11.8. The summed E-state index contributed by atoms with van der Waals surface area (Å²) in [6, 6.07) is 6.24. The van der Waals surface area contributed by atoms with Crippen LogP contribution in [-0.2, 0) is 11.3 Å². The molecule has 6 heteroatoms. The minimum Gasteiger partial charge on any atom is -0.335 e. The van der Waals surface area contributed by atoms with Gasteiger partial charge >= 0.3 is 0 Å². The molecule has 1 aromatic carbocycles. The second-order valence-corrected chi connectivity index (χ2v) is 4.03. The molecule has 6 nitrogen and oxygen atoms in total. The molecule has 0 saturated carbocycles. The molecule has 1 rings (SSSR count). The van der Waals surface area contributed by atoms with Crippen LogP contribution in [0.5, 0.6) is 0 Å². The molecule has 0 unspecified atom stereocenters. The van der Waals surface area contributed by atoms with Crippen molar-refractivity contribution in [2.24, 2.45) is 5.73 Å². The lowest BCUT2D eigenvalue weighted by Crippen LogP contribution is -2.32. The average Bonchev–Trinajstić information content (AvgIpc) is 2.39. The van der Waals surface area contributed by atoms with Gasteiger partial charge in [-0.05, 0) is 5.56 Å². The predicted molar refractivity (Wildman–Crippen MR) is 72.4 cm³/mol. The van der Waals surface area contributed by atoms with Crippen LogP contribution >= 0.6 is 0 Å². The van der Waals surface area contributed by atoms with Crippen LogP contribution in [0.4, 0.5) is 5.69 Å². The molecular weight excluding hydrogens is 246 g/mol. The summed E-state index contributed by atoms with van der Waals surface area (Å²) in [6.45, 7) is 4.58. The molecule has 0 radical (unpaired) electrons. The van der Waals surface area contributed by atoms with Crippen molar-refractivity contribution in [3.63, 3.8) is 0 Å². The molecule has 0 aliphatic heterocycles. The number of nitrogens with zero attached hydrogens (tertiary/aromatic N) is 2. The number of amides is 1. The van der Waals surface area contributed by atoms with Crippen molar-refractivity contribution in [2.75, 3.05) is 13.1 Å². The summed E-state index contributed by atoms with van der Waals surface area (Å²) in [5.41, 5.74) is 6.08. The van der Waals surface area contributed by atoms with Crippen molar-refractivity contribution in [3.05, 3.63) is 52.6 Å². The Bertz CT molecular complexity index is 474. The molecule has 1 amide bonds. The van der Waals surface area contributed by atoms with Crippen molar-refractivity contribution < 1.29 is 9.72 Å². The number of carbonyl (C=O) groups excluding carboxylic acids is 1. The Hall–Kier alpha value is -2.21. The lowest BCUT2D eigenvalue weighted by Gasteiger charge is -2.20. The van der Waals surface area contributed by atoms with Crippen LogP contribution in [0, 0.1) is 10.1 Å². The molecule has 2 N–H and O–H groups in total. The fourth-order valence-electron chi connectivity index (χ4n) is 1.68. The molecule has 1 aromatic rings. The van der Waals surface area contributed by atoms with Gasteiger partial charge in [0.05, 0.1) is 4.92 Å². The molecule has 0 heterocycles. The third-order valence-electron chi connectivity index (χ3n) is 2.56. The normalized spacial score (nSPS) is 9.95. The zero-order valence-corrected chi connectivity index (χ0v) is 10.6. The molecule has 102 valence electrons. The van der Waals surface area contributed by atoms with Crippen molar-refractivity contribution in [3.8, 4) is 0 Å². The summed E-state index contributed by atoms with van der Waals surface area (Å²) in [5, 5.41) is 10.7. The van der Waals surface area contributed by atoms with Gasteiger partial charge in [0.2, 0.25) is 5.91 Å². The van der Waals surface area contributed by atoms with E-state index in [1.165, 1.54) is 12.1 Å². The van der Waals surface area contributed by atoms with Crippen LogP contribution in [0.2, 0.25) is 0 Å². The number of non-ortho nitro benzene ring substituents is 1. The Morgan fingerprint density at radius 3 is 2.84 bits per heavy atom. The lowest BCUT2D eigenvalue weighted by molar-refractivity contribution is -0.384. The van der Waals surface area contributed by atoms with Crippen LogP contribution in [0.15, 0.2) is 36.9 Å². The minimum absolute atomic E-state index is 0.0160. The fraction of sp³-hybridized carbons (Fsp3) is 0.308. The highest BCUT2D eigenvalue weighted by atomic mass is 16.6. The summed E-state index contributed by atoms with van der Waals surface area (Å²) in [7, 11) is 0. The summed E-state index contributed by atoms with van der Waals surface area (Å²) in [4.78, 5) is 23.6. The van der Waals surface area contributed by atoms with Crippen LogP contribution in [0.3, 0.4) is 0 Å². The molecule has 19 heavy (non-hydrogen) atoms. The number of nitrogens with two attached hydrogens (primary N) is 1. The first-order valence-corrected chi connectivity index (χ1v) is 5.90. The summed E-state index contributed by atoms with van der Waals surface area (Å²) < 4.78 is 0. The molecule has 0 aliphatic carbocycles. The molecule has 0 atom stereocenters. The van der Waals surface area contributed by atoms with Crippen LogP contribution in [0.1, 0.15) is 12.0 Å². The maximum absolute atomic E-state index is 11.8.